The molecule has 0 aromatic carbocycles. The number of hydrogen-bond donors (Lipinski definition) is 3. The van der Waals surface area contributed by atoms with Crippen LogP contribution >= 0.6 is 12.6 Å². The summed E-state index contributed by atoms with van der Waals surface area (Å²) in [5.41, 5.74) is 0. The second-order valence-corrected chi connectivity index (χ2v) is 2.09. The van der Waals surface area contributed by atoms with E-state index >= 15 is 0 Å². The number of amides is 1. The molecule has 5 heteroatoms. The molecule has 0 bridgehead atoms. The highest BCUT2D eigenvalue weighted by atomic mass is 32.1. The van der Waals surface area contributed by atoms with Gasteiger partial charge in [0, 0.05) is 6.42 Å². The number of carboxylic acids is 1. The summed E-state index contributed by atoms with van der Waals surface area (Å²) < 4.78 is 0. The lowest BCUT2D eigenvalue weighted by Gasteiger charge is -1.97. The highest BCUT2D eigenvalue weighted by molar-refractivity contribution is 7.80. The van der Waals surface area contributed by atoms with Crippen LogP contribution in [-0.2, 0) is 9.59 Å². The van der Waals surface area contributed by atoms with E-state index in [2.05, 4.69) is 17.9 Å². The molecule has 2 N–H and O–H groups in total. The van der Waals surface area contributed by atoms with E-state index in [1.54, 1.807) is 0 Å². The average molecular weight is 239 g/mol. The zero-order valence-electron chi connectivity index (χ0n) is 9.33. The predicted molar refractivity (Wildman–Crippen MR) is 68.5 cm³/mol. The number of aliphatic carboxylic acids is 1. The van der Waals surface area contributed by atoms with Crippen LogP contribution in [0.1, 0.15) is 41.5 Å². The average Bonchev–Trinajstić information content (AvgIpc) is 2.21. The lowest BCUT2D eigenvalue weighted by atomic mass is 10.4. The minimum Gasteiger partial charge on any atom is -0.480 e. The lowest BCUT2D eigenvalue weighted by molar-refractivity contribution is -0.137. The third-order valence-corrected chi connectivity index (χ3v) is 0.999. The zero-order valence-corrected chi connectivity index (χ0v) is 10.2. The Bertz CT molecular complexity index is 141. The maximum Gasteiger partial charge on any atom is 0.322 e. The van der Waals surface area contributed by atoms with Crippen molar-refractivity contribution in [2.75, 3.05) is 12.3 Å². The molecule has 0 radical (unpaired) electrons. The topological polar surface area (TPSA) is 66.4 Å². The highest BCUT2D eigenvalue weighted by Crippen LogP contribution is 1.81. The van der Waals surface area contributed by atoms with Gasteiger partial charge in [-0.25, -0.2) is 0 Å². The van der Waals surface area contributed by atoms with Gasteiger partial charge in [0.25, 0.3) is 0 Å². The molecule has 0 spiro atoms. The van der Waals surface area contributed by atoms with Crippen LogP contribution in [0.3, 0.4) is 0 Å². The predicted octanol–water partition coefficient (Wildman–Crippen LogP) is 2.20. The largest absolute Gasteiger partial charge is 0.480 e. The molecule has 0 unspecified atom stereocenters. The van der Waals surface area contributed by atoms with E-state index in [-0.39, 0.29) is 26.3 Å². The molecular formula is C10H25NO3S. The maximum absolute atomic E-state index is 10.5. The van der Waals surface area contributed by atoms with Gasteiger partial charge < -0.3 is 10.4 Å². The zero-order chi connectivity index (χ0) is 12.0. The summed E-state index contributed by atoms with van der Waals surface area (Å²) in [4.78, 5) is 20.4. The molecular weight excluding hydrogens is 214 g/mol. The summed E-state index contributed by atoms with van der Waals surface area (Å²) >= 11 is 3.80. The van der Waals surface area contributed by atoms with Crippen LogP contribution in [0.5, 0.6) is 0 Å². The maximum atomic E-state index is 10.5. The molecule has 0 fully saturated rings. The number of carboxylic acid groups (broad SMARTS) is 1. The molecule has 0 atom stereocenters. The molecule has 1 amide bonds. The molecule has 0 saturated carbocycles. The van der Waals surface area contributed by atoms with Crippen molar-refractivity contribution in [1.29, 1.82) is 0 Å². The Balaban J connectivity index is -0.000000107. The van der Waals surface area contributed by atoms with E-state index < -0.39 is 5.97 Å². The van der Waals surface area contributed by atoms with E-state index in [9.17, 15) is 9.59 Å². The third-order valence-electron chi connectivity index (χ3n) is 0.776. The van der Waals surface area contributed by atoms with Crippen LogP contribution in [-0.4, -0.2) is 29.3 Å². The van der Waals surface area contributed by atoms with Gasteiger partial charge in [-0.3, -0.25) is 9.59 Å². The summed E-state index contributed by atoms with van der Waals surface area (Å²) in [6, 6.07) is 0. The Morgan fingerprint density at radius 2 is 1.60 bits per heavy atom. The molecule has 94 valence electrons. The second-order valence-electron chi connectivity index (χ2n) is 1.64. The molecule has 4 nitrogen and oxygen atoms in total. The van der Waals surface area contributed by atoms with Crippen LogP contribution in [0.2, 0.25) is 0 Å². The van der Waals surface area contributed by atoms with Gasteiger partial charge in [0.15, 0.2) is 0 Å². The minimum absolute atomic E-state index is 0. The van der Waals surface area contributed by atoms with Gasteiger partial charge in [0.05, 0.1) is 0 Å². The molecule has 0 aromatic heterocycles. The summed E-state index contributed by atoms with van der Waals surface area (Å²) in [5.74, 6) is -0.879. The van der Waals surface area contributed by atoms with Crippen LogP contribution in [0.4, 0.5) is 0 Å². The number of rotatable bonds is 4. The van der Waals surface area contributed by atoms with E-state index in [0.717, 1.165) is 0 Å². The van der Waals surface area contributed by atoms with Crippen molar-refractivity contribution >= 4 is 24.5 Å². The number of thiol groups is 1. The monoisotopic (exact) mass is 239 g/mol. The number of carbonyl (C=O) groups is 2. The van der Waals surface area contributed by atoms with Gasteiger partial charge in [-0.15, -0.1) is 0 Å². The van der Waals surface area contributed by atoms with E-state index in [0.29, 0.717) is 5.75 Å². The first-order valence-electron chi connectivity index (χ1n) is 4.76. The molecule has 0 aliphatic carbocycles. The Morgan fingerprint density at radius 1 is 1.20 bits per heavy atom. The lowest BCUT2D eigenvalue weighted by Crippen LogP contribution is -2.29. The van der Waals surface area contributed by atoms with E-state index in [1.807, 2.05) is 27.7 Å². The molecule has 0 heterocycles. The van der Waals surface area contributed by atoms with E-state index in [1.165, 1.54) is 0 Å². The summed E-state index contributed by atoms with van der Waals surface area (Å²) in [5, 5.41) is 10.3. The number of nitrogens with one attached hydrogen (secondary N) is 1. The molecule has 0 saturated heterocycles. The van der Waals surface area contributed by atoms with Gasteiger partial charge in [0.1, 0.15) is 6.54 Å². The molecule has 0 aliphatic rings. The van der Waals surface area contributed by atoms with Crippen LogP contribution in [0.15, 0.2) is 0 Å². The van der Waals surface area contributed by atoms with Crippen LogP contribution < -0.4 is 5.32 Å². The quantitative estimate of drug-likeness (QED) is 0.659. The van der Waals surface area contributed by atoms with Crippen LogP contribution in [0, 0.1) is 0 Å². The fourth-order valence-electron chi connectivity index (χ4n) is 0.364. The molecule has 15 heavy (non-hydrogen) atoms. The van der Waals surface area contributed by atoms with Crippen molar-refractivity contribution in [3.05, 3.63) is 0 Å². The fraction of sp³-hybridized carbons (Fsp3) is 0.800. The van der Waals surface area contributed by atoms with Crippen molar-refractivity contribution < 1.29 is 14.7 Å². The van der Waals surface area contributed by atoms with Gasteiger partial charge in [-0.05, 0) is 5.75 Å². The Labute approximate surface area is 98.9 Å². The first kappa shape index (κ1) is 23.8. The van der Waals surface area contributed by atoms with Crippen molar-refractivity contribution in [2.24, 2.45) is 0 Å². The Hall–Kier alpha value is -0.710. The third kappa shape index (κ3) is 31.9. The van der Waals surface area contributed by atoms with Crippen molar-refractivity contribution in [3.63, 3.8) is 0 Å². The first-order valence-corrected chi connectivity index (χ1v) is 5.39. The van der Waals surface area contributed by atoms with Gasteiger partial charge in [-0.2, -0.15) is 12.6 Å². The van der Waals surface area contributed by atoms with Crippen molar-refractivity contribution in [2.45, 2.75) is 41.5 Å². The van der Waals surface area contributed by atoms with E-state index in [4.69, 9.17) is 5.11 Å². The van der Waals surface area contributed by atoms with Crippen molar-refractivity contribution in [3.8, 4) is 0 Å². The summed E-state index contributed by atoms with van der Waals surface area (Å²) in [6.07, 6.45) is 0.260. The van der Waals surface area contributed by atoms with Crippen molar-refractivity contribution in [1.82, 2.24) is 5.32 Å². The molecule has 0 aliphatic heterocycles. The number of carbonyl (C=O) groups excluding carboxylic acids is 1. The molecule has 0 aromatic rings. The SMILES string of the molecule is C.CC.CC.O=C(O)CNC(=O)CCS. The van der Waals surface area contributed by atoms with Gasteiger partial charge in [0.2, 0.25) is 5.91 Å². The van der Waals surface area contributed by atoms with Crippen LogP contribution in [0.25, 0.3) is 0 Å². The number of hydrogen-bond acceptors (Lipinski definition) is 3. The fourth-order valence-corrected chi connectivity index (χ4v) is 0.567. The normalized spacial score (nSPS) is 6.73. The Morgan fingerprint density at radius 3 is 1.87 bits per heavy atom. The standard InChI is InChI=1S/C5H9NO3S.2C2H6.CH4/c7-4(1-2-10)6-3-5(8)9;2*1-2;/h10H,1-3H2,(H,6,7)(H,8,9);2*1-2H3;1H4. The van der Waals surface area contributed by atoms with Gasteiger partial charge in [-0.1, -0.05) is 35.1 Å². The summed E-state index contributed by atoms with van der Waals surface area (Å²) in [7, 11) is 0. The molecule has 0 rings (SSSR count). The second kappa shape index (κ2) is 23.3. The first-order chi connectivity index (χ1) is 6.66. The summed E-state index contributed by atoms with van der Waals surface area (Å²) in [6.45, 7) is 7.69. The smallest absolute Gasteiger partial charge is 0.322 e. The highest BCUT2D eigenvalue weighted by Gasteiger charge is 2.00. The van der Waals surface area contributed by atoms with Gasteiger partial charge >= 0.3 is 5.97 Å². The Kier molecular flexibility index (Phi) is 37.0. The minimum atomic E-state index is -1.03.